The van der Waals surface area contributed by atoms with Gasteiger partial charge in [0, 0.05) is 5.56 Å². The summed E-state index contributed by atoms with van der Waals surface area (Å²) in [6.45, 7) is 4.89. The number of hydrogen-bond acceptors (Lipinski definition) is 1. The van der Waals surface area contributed by atoms with Crippen molar-refractivity contribution in [2.75, 3.05) is 6.54 Å². The van der Waals surface area contributed by atoms with Crippen LogP contribution in [0, 0.1) is 11.6 Å². The fraction of sp³-hybridized carbons (Fsp3) is 0.333. The Hall–Kier alpha value is -1.74. The topological polar surface area (TPSA) is 12.0 Å². The molecule has 0 saturated heterocycles. The SMILES string of the molecule is CCCNC(c1ccc(CC)cc1)c1cccc(F)c1F. The van der Waals surface area contributed by atoms with Crippen molar-refractivity contribution in [3.05, 3.63) is 70.8 Å². The molecule has 1 N–H and O–H groups in total. The molecule has 0 amide bonds. The van der Waals surface area contributed by atoms with Gasteiger partial charge in [0.25, 0.3) is 0 Å². The molecule has 2 rings (SSSR count). The zero-order chi connectivity index (χ0) is 15.2. The zero-order valence-electron chi connectivity index (χ0n) is 12.5. The molecule has 112 valence electrons. The molecular weight excluding hydrogens is 268 g/mol. The van der Waals surface area contributed by atoms with E-state index in [1.807, 2.05) is 31.2 Å². The van der Waals surface area contributed by atoms with Gasteiger partial charge in [-0.05, 0) is 36.6 Å². The van der Waals surface area contributed by atoms with Gasteiger partial charge in [-0.25, -0.2) is 8.78 Å². The third kappa shape index (κ3) is 3.67. The van der Waals surface area contributed by atoms with Gasteiger partial charge in [0.1, 0.15) is 0 Å². The van der Waals surface area contributed by atoms with E-state index in [0.29, 0.717) is 5.56 Å². The lowest BCUT2D eigenvalue weighted by Crippen LogP contribution is -2.24. The summed E-state index contributed by atoms with van der Waals surface area (Å²) in [5.74, 6) is -1.58. The molecule has 2 aromatic carbocycles. The minimum absolute atomic E-state index is 0.327. The lowest BCUT2D eigenvalue weighted by Gasteiger charge is -2.20. The number of hydrogen-bond donors (Lipinski definition) is 1. The van der Waals surface area contributed by atoms with Crippen LogP contribution < -0.4 is 5.32 Å². The number of nitrogens with one attached hydrogen (secondary N) is 1. The Kier molecular flexibility index (Phi) is 5.45. The molecular formula is C18H21F2N. The van der Waals surface area contributed by atoms with E-state index in [-0.39, 0.29) is 6.04 Å². The summed E-state index contributed by atoms with van der Waals surface area (Å²) in [6, 6.07) is 12.0. The van der Waals surface area contributed by atoms with E-state index in [9.17, 15) is 8.78 Å². The molecule has 0 fully saturated rings. The largest absolute Gasteiger partial charge is 0.306 e. The van der Waals surface area contributed by atoms with Gasteiger partial charge < -0.3 is 5.32 Å². The smallest absolute Gasteiger partial charge is 0.163 e. The number of rotatable bonds is 6. The minimum atomic E-state index is -0.805. The highest BCUT2D eigenvalue weighted by atomic mass is 19.2. The first-order valence-corrected chi connectivity index (χ1v) is 7.43. The first-order valence-electron chi connectivity index (χ1n) is 7.43. The Morgan fingerprint density at radius 2 is 1.71 bits per heavy atom. The molecule has 0 heterocycles. The summed E-state index contributed by atoms with van der Waals surface area (Å²) >= 11 is 0. The Morgan fingerprint density at radius 3 is 2.33 bits per heavy atom. The van der Waals surface area contributed by atoms with E-state index in [0.717, 1.165) is 31.0 Å². The molecule has 1 nitrogen and oxygen atoms in total. The van der Waals surface area contributed by atoms with E-state index in [2.05, 4.69) is 12.2 Å². The zero-order valence-corrected chi connectivity index (χ0v) is 12.5. The second-order valence-corrected chi connectivity index (χ2v) is 5.13. The molecule has 0 saturated carbocycles. The van der Waals surface area contributed by atoms with Crippen molar-refractivity contribution in [2.45, 2.75) is 32.7 Å². The van der Waals surface area contributed by atoms with Crippen LogP contribution in [0.5, 0.6) is 0 Å². The summed E-state index contributed by atoms with van der Waals surface area (Å²) in [5.41, 5.74) is 2.53. The molecule has 0 aliphatic heterocycles. The number of halogens is 2. The Morgan fingerprint density at radius 1 is 1.00 bits per heavy atom. The first kappa shape index (κ1) is 15.6. The fourth-order valence-corrected chi connectivity index (χ4v) is 2.39. The second-order valence-electron chi connectivity index (χ2n) is 5.13. The van der Waals surface area contributed by atoms with Crippen LogP contribution in [0.1, 0.15) is 43.0 Å². The van der Waals surface area contributed by atoms with Crippen molar-refractivity contribution < 1.29 is 8.78 Å². The van der Waals surface area contributed by atoms with Crippen LogP contribution in [-0.2, 0) is 6.42 Å². The normalized spacial score (nSPS) is 12.4. The highest BCUT2D eigenvalue weighted by Crippen LogP contribution is 2.26. The maximum atomic E-state index is 14.1. The highest BCUT2D eigenvalue weighted by molar-refractivity contribution is 5.34. The van der Waals surface area contributed by atoms with Crippen LogP contribution in [-0.4, -0.2) is 6.54 Å². The molecule has 0 radical (unpaired) electrons. The Labute approximate surface area is 125 Å². The molecule has 21 heavy (non-hydrogen) atoms. The predicted molar refractivity (Wildman–Crippen MR) is 82.3 cm³/mol. The molecule has 0 spiro atoms. The van der Waals surface area contributed by atoms with Crippen molar-refractivity contribution in [2.24, 2.45) is 0 Å². The van der Waals surface area contributed by atoms with E-state index >= 15 is 0 Å². The van der Waals surface area contributed by atoms with Gasteiger partial charge in [-0.2, -0.15) is 0 Å². The molecule has 0 aromatic heterocycles. The molecule has 1 atom stereocenters. The monoisotopic (exact) mass is 289 g/mol. The van der Waals surface area contributed by atoms with Crippen molar-refractivity contribution in [1.29, 1.82) is 0 Å². The number of aryl methyl sites for hydroxylation is 1. The summed E-state index contributed by atoms with van der Waals surface area (Å²) in [6.07, 6.45) is 1.89. The highest BCUT2D eigenvalue weighted by Gasteiger charge is 2.19. The minimum Gasteiger partial charge on any atom is -0.306 e. The molecule has 0 aliphatic rings. The maximum absolute atomic E-state index is 14.1. The summed E-state index contributed by atoms with van der Waals surface area (Å²) in [4.78, 5) is 0. The Bertz CT molecular complexity index is 578. The second kappa shape index (κ2) is 7.32. The van der Waals surface area contributed by atoms with Crippen molar-refractivity contribution >= 4 is 0 Å². The van der Waals surface area contributed by atoms with Crippen LogP contribution >= 0.6 is 0 Å². The Balaban J connectivity index is 2.39. The van der Waals surface area contributed by atoms with Crippen LogP contribution in [0.15, 0.2) is 42.5 Å². The average Bonchev–Trinajstić information content (AvgIpc) is 2.52. The summed E-state index contributed by atoms with van der Waals surface area (Å²) in [5, 5.41) is 3.30. The van der Waals surface area contributed by atoms with E-state index < -0.39 is 11.6 Å². The maximum Gasteiger partial charge on any atom is 0.163 e. The molecule has 0 aliphatic carbocycles. The van der Waals surface area contributed by atoms with Gasteiger partial charge >= 0.3 is 0 Å². The predicted octanol–water partition coefficient (Wildman–Crippen LogP) is 4.62. The van der Waals surface area contributed by atoms with Gasteiger partial charge in [-0.1, -0.05) is 50.2 Å². The van der Waals surface area contributed by atoms with Gasteiger partial charge in [0.05, 0.1) is 6.04 Å². The van der Waals surface area contributed by atoms with Gasteiger partial charge in [0.2, 0.25) is 0 Å². The van der Waals surface area contributed by atoms with Gasteiger partial charge in [0.15, 0.2) is 11.6 Å². The third-order valence-electron chi connectivity index (χ3n) is 3.61. The van der Waals surface area contributed by atoms with Crippen LogP contribution in [0.3, 0.4) is 0 Å². The van der Waals surface area contributed by atoms with E-state index in [1.54, 1.807) is 12.1 Å². The third-order valence-corrected chi connectivity index (χ3v) is 3.61. The molecule has 0 bridgehead atoms. The van der Waals surface area contributed by atoms with Crippen LogP contribution in [0.25, 0.3) is 0 Å². The molecule has 2 aromatic rings. The number of benzene rings is 2. The van der Waals surface area contributed by atoms with Crippen molar-refractivity contribution in [3.63, 3.8) is 0 Å². The fourth-order valence-electron chi connectivity index (χ4n) is 2.39. The lowest BCUT2D eigenvalue weighted by atomic mass is 9.96. The first-order chi connectivity index (χ1) is 10.2. The quantitative estimate of drug-likeness (QED) is 0.818. The van der Waals surface area contributed by atoms with Crippen LogP contribution in [0.4, 0.5) is 8.78 Å². The van der Waals surface area contributed by atoms with Crippen molar-refractivity contribution in [1.82, 2.24) is 5.32 Å². The van der Waals surface area contributed by atoms with Crippen molar-refractivity contribution in [3.8, 4) is 0 Å². The summed E-state index contributed by atoms with van der Waals surface area (Å²) in [7, 11) is 0. The van der Waals surface area contributed by atoms with E-state index in [4.69, 9.17) is 0 Å². The molecule has 3 heteroatoms. The van der Waals surface area contributed by atoms with Gasteiger partial charge in [-0.15, -0.1) is 0 Å². The lowest BCUT2D eigenvalue weighted by molar-refractivity contribution is 0.480. The molecule has 1 unspecified atom stereocenters. The van der Waals surface area contributed by atoms with Gasteiger partial charge in [-0.3, -0.25) is 0 Å². The van der Waals surface area contributed by atoms with E-state index in [1.165, 1.54) is 5.56 Å². The summed E-state index contributed by atoms with van der Waals surface area (Å²) < 4.78 is 27.6. The van der Waals surface area contributed by atoms with Crippen LogP contribution in [0.2, 0.25) is 0 Å². The standard InChI is InChI=1S/C18H21F2N/c1-3-12-21-18(14-10-8-13(4-2)9-11-14)15-6-5-7-16(19)17(15)20/h5-11,18,21H,3-4,12H2,1-2H3. The average molecular weight is 289 g/mol.